The van der Waals surface area contributed by atoms with Crippen LogP contribution in [0.15, 0.2) is 315 Å². The van der Waals surface area contributed by atoms with Gasteiger partial charge >= 0.3 is 0 Å². The molecule has 0 aliphatic heterocycles. The van der Waals surface area contributed by atoms with Crippen LogP contribution in [-0.2, 0) is 32.5 Å². The Morgan fingerprint density at radius 2 is 0.649 bits per heavy atom. The van der Waals surface area contributed by atoms with Crippen LogP contribution < -0.4 is 9.80 Å². The number of benzene rings is 14. The maximum Gasteiger partial charge on any atom is 0.0540 e. The average molecular weight is 1480 g/mol. The van der Waals surface area contributed by atoms with E-state index in [-0.39, 0.29) is 32.5 Å². The van der Waals surface area contributed by atoms with E-state index >= 15 is 0 Å². The Bertz CT molecular complexity index is 6150. The van der Waals surface area contributed by atoms with Crippen molar-refractivity contribution in [3.63, 3.8) is 0 Å². The van der Waals surface area contributed by atoms with Gasteiger partial charge in [-0.25, -0.2) is 0 Å². The van der Waals surface area contributed by atoms with Crippen molar-refractivity contribution in [2.75, 3.05) is 9.80 Å². The van der Waals surface area contributed by atoms with Crippen molar-refractivity contribution in [2.45, 2.75) is 165 Å². The van der Waals surface area contributed by atoms with Gasteiger partial charge in [0.1, 0.15) is 0 Å². The van der Waals surface area contributed by atoms with E-state index in [1.165, 1.54) is 237 Å². The van der Waals surface area contributed by atoms with Crippen molar-refractivity contribution < 1.29 is 0 Å². The Hall–Kier alpha value is -11.3. The van der Waals surface area contributed by atoms with E-state index in [9.17, 15) is 0 Å². The molecule has 560 valence electrons. The highest BCUT2D eigenvalue weighted by molar-refractivity contribution is 5.99. The maximum absolute atomic E-state index is 2.64. The fourth-order valence-electron chi connectivity index (χ4n) is 23.3. The van der Waals surface area contributed by atoms with Crippen molar-refractivity contribution in [2.24, 2.45) is 11.8 Å². The minimum atomic E-state index is -0.287. The summed E-state index contributed by atoms with van der Waals surface area (Å²) in [4.78, 5) is 5.25. The van der Waals surface area contributed by atoms with Gasteiger partial charge < -0.3 is 9.80 Å². The number of fused-ring (bicyclic) bond motifs is 18. The van der Waals surface area contributed by atoms with Crippen LogP contribution in [0.25, 0.3) is 89.0 Å². The molecule has 0 saturated heterocycles. The molecule has 7 aliphatic rings. The first kappa shape index (κ1) is 70.5. The van der Waals surface area contributed by atoms with Crippen LogP contribution in [0.2, 0.25) is 0 Å². The van der Waals surface area contributed by atoms with Crippen molar-refractivity contribution in [1.29, 1.82) is 0 Å². The van der Waals surface area contributed by atoms with Crippen LogP contribution in [0.1, 0.15) is 188 Å². The number of hydrogen-bond acceptors (Lipinski definition) is 2. The minimum absolute atomic E-state index is 0.00526. The molecule has 0 N–H and O–H groups in total. The molecule has 2 heteroatoms. The highest BCUT2D eigenvalue weighted by atomic mass is 15.2. The molecule has 3 fully saturated rings. The fourth-order valence-corrected chi connectivity index (χ4v) is 23.3. The lowest BCUT2D eigenvalue weighted by Gasteiger charge is -2.40. The highest BCUT2D eigenvalue weighted by Gasteiger charge is 2.52. The molecule has 3 unspecified atom stereocenters. The third-order valence-corrected chi connectivity index (χ3v) is 29.2. The van der Waals surface area contributed by atoms with Crippen LogP contribution in [-0.4, -0.2) is 0 Å². The largest absolute Gasteiger partial charge is 0.310 e. The molecule has 3 atom stereocenters. The summed E-state index contributed by atoms with van der Waals surface area (Å²) in [5.74, 6) is 1.55. The summed E-state index contributed by atoms with van der Waals surface area (Å²) < 4.78 is 0. The van der Waals surface area contributed by atoms with Gasteiger partial charge in [0, 0.05) is 55.5 Å². The summed E-state index contributed by atoms with van der Waals surface area (Å²) in [5.41, 5.74) is 41.8. The van der Waals surface area contributed by atoms with Crippen LogP contribution >= 0.6 is 0 Å². The standard InChI is InChI=1S/C112H102N2/c1-107(2,3)77-50-46-75(47-51-77)83-28-10-12-30-85(83)96-37-19-25-43-106(96)114(81-56-60-93-89-34-16-22-40-99(89)111(103(93)69-81)62-26-9-27-63-111)80-55-59-92-88-33-15-21-39-98(88)110(8,102(92)68-80)65-64-108(4,5)78-52-48-76(49-53-78)84-29-11-13-31-86(84)95-36-18-24-42-105(95)113(79-54-58-91-87-32-14-20-38-97(87)109(6,7)101(91)67-79)82-57-61-94-90-35-17-23-41-100(90)112(104(94)70-82)71-73-44-45-74(66-73)72-112/h10-25,28-43,46-61,67-70,73-74H,9,26-27,44-45,62-66,71-72H2,1-8H3. The molecule has 0 radical (unpaired) electrons. The minimum Gasteiger partial charge on any atom is -0.310 e. The van der Waals surface area contributed by atoms with Crippen molar-refractivity contribution in [1.82, 2.24) is 0 Å². The van der Waals surface area contributed by atoms with Gasteiger partial charge in [-0.15, -0.1) is 0 Å². The van der Waals surface area contributed by atoms with Crippen molar-refractivity contribution in [3.8, 4) is 89.0 Å². The third-order valence-electron chi connectivity index (χ3n) is 29.2. The normalized spacial score (nSPS) is 19.3. The molecule has 7 aliphatic carbocycles. The molecular weight excluding hydrogens is 1370 g/mol. The molecule has 0 heterocycles. The topological polar surface area (TPSA) is 6.48 Å². The lowest BCUT2D eigenvalue weighted by Crippen LogP contribution is -2.33. The average Bonchev–Trinajstić information content (AvgIpc) is 1.55. The van der Waals surface area contributed by atoms with E-state index in [1.807, 2.05) is 0 Å². The van der Waals surface area contributed by atoms with E-state index < -0.39 is 0 Å². The zero-order valence-corrected chi connectivity index (χ0v) is 67.6. The molecule has 2 nitrogen and oxygen atoms in total. The number of para-hydroxylation sites is 2. The molecular formula is C112H102N2. The van der Waals surface area contributed by atoms with Crippen LogP contribution in [0.4, 0.5) is 34.1 Å². The summed E-state index contributed by atoms with van der Waals surface area (Å²) in [6.07, 6.45) is 14.7. The molecule has 14 aromatic carbocycles. The summed E-state index contributed by atoms with van der Waals surface area (Å²) >= 11 is 0. The van der Waals surface area contributed by atoms with Gasteiger partial charge in [-0.1, -0.05) is 342 Å². The van der Waals surface area contributed by atoms with Gasteiger partial charge in [0.25, 0.3) is 0 Å². The van der Waals surface area contributed by atoms with E-state index in [0.717, 1.165) is 24.7 Å². The molecule has 3 saturated carbocycles. The Morgan fingerprint density at radius 3 is 1.14 bits per heavy atom. The Balaban J connectivity index is 0.636. The smallest absolute Gasteiger partial charge is 0.0540 e. The van der Waals surface area contributed by atoms with Gasteiger partial charge in [0.2, 0.25) is 0 Å². The zero-order valence-electron chi connectivity index (χ0n) is 67.6. The lowest BCUT2D eigenvalue weighted by atomic mass is 9.64. The number of rotatable bonds is 14. The summed E-state index contributed by atoms with van der Waals surface area (Å²) in [5, 5.41) is 0. The molecule has 2 spiro atoms. The van der Waals surface area contributed by atoms with Crippen LogP contribution in [0.3, 0.4) is 0 Å². The predicted octanol–water partition coefficient (Wildman–Crippen LogP) is 30.6. The van der Waals surface area contributed by atoms with E-state index in [4.69, 9.17) is 0 Å². The van der Waals surface area contributed by atoms with E-state index in [0.29, 0.717) is 0 Å². The summed E-state index contributed by atoms with van der Waals surface area (Å²) in [7, 11) is 0. The van der Waals surface area contributed by atoms with Crippen molar-refractivity contribution >= 4 is 34.1 Å². The molecule has 21 rings (SSSR count). The van der Waals surface area contributed by atoms with E-state index in [1.54, 1.807) is 5.56 Å². The second-order valence-corrected chi connectivity index (χ2v) is 37.3. The Kier molecular flexibility index (Phi) is 16.5. The van der Waals surface area contributed by atoms with Crippen molar-refractivity contribution in [3.05, 3.63) is 371 Å². The van der Waals surface area contributed by atoms with Gasteiger partial charge in [-0.05, 0) is 262 Å². The molecule has 14 aromatic rings. The second kappa shape index (κ2) is 26.6. The number of hydrogen-bond donors (Lipinski definition) is 0. The molecule has 0 amide bonds. The molecule has 114 heavy (non-hydrogen) atoms. The zero-order chi connectivity index (χ0) is 77.0. The van der Waals surface area contributed by atoms with Gasteiger partial charge in [-0.2, -0.15) is 0 Å². The van der Waals surface area contributed by atoms with Gasteiger partial charge in [-0.3, -0.25) is 0 Å². The van der Waals surface area contributed by atoms with E-state index in [2.05, 4.69) is 381 Å². The predicted molar refractivity (Wildman–Crippen MR) is 480 cm³/mol. The summed E-state index contributed by atoms with van der Waals surface area (Å²) in [6, 6.07) is 123. The maximum atomic E-state index is 2.64. The lowest BCUT2D eigenvalue weighted by molar-refractivity contribution is 0.255. The van der Waals surface area contributed by atoms with Crippen LogP contribution in [0.5, 0.6) is 0 Å². The quantitative estimate of drug-likeness (QED) is 0.107. The van der Waals surface area contributed by atoms with Gasteiger partial charge in [0.05, 0.1) is 11.4 Å². The SMILES string of the molecule is CC(C)(C)c1ccc(-c2ccccc2-c2ccccc2N(c2ccc3c(c2)C(C)(CCC(C)(C)c2ccc(-c4ccccc4-c4ccccc4N(c4ccc5c(c4)C(C)(C)c4ccccc4-5)c4ccc5c(c4)C4(CC6CCC(C6)C4)c4ccccc4-5)cc2)c2ccccc2-3)c2ccc3c(c2)C2(CCCCC2)c2ccccc2-3)cc1. The molecule has 2 bridgehead atoms. The Labute approximate surface area is 676 Å². The Morgan fingerprint density at radius 1 is 0.298 bits per heavy atom. The number of anilines is 6. The number of nitrogens with zero attached hydrogens (tertiary/aromatic N) is 2. The first-order valence-electron chi connectivity index (χ1n) is 42.6. The highest BCUT2D eigenvalue weighted by Crippen LogP contribution is 2.64. The van der Waals surface area contributed by atoms with Gasteiger partial charge in [0.15, 0.2) is 0 Å². The first-order chi connectivity index (χ1) is 55.5. The first-order valence-corrected chi connectivity index (χ1v) is 42.6. The fraction of sp³-hybridized carbons (Fsp3) is 0.250. The summed E-state index contributed by atoms with van der Waals surface area (Å²) in [6.45, 7) is 19.3. The molecule has 0 aromatic heterocycles. The monoisotopic (exact) mass is 1470 g/mol. The third kappa shape index (κ3) is 11.1. The van der Waals surface area contributed by atoms with Crippen LogP contribution in [0, 0.1) is 11.8 Å². The second-order valence-electron chi connectivity index (χ2n) is 37.3.